The Morgan fingerprint density at radius 3 is 2.56 bits per heavy atom. The number of benzene rings is 1. The summed E-state index contributed by atoms with van der Waals surface area (Å²) in [6, 6.07) is 8.86. The summed E-state index contributed by atoms with van der Waals surface area (Å²) in [6.45, 7) is 8.83. The van der Waals surface area contributed by atoms with Crippen molar-refractivity contribution in [3.05, 3.63) is 35.6 Å². The number of para-hydroxylation sites is 1. The lowest BCUT2D eigenvalue weighted by atomic mass is 9.86. The number of hydrogen-bond acceptors (Lipinski definition) is 2. The van der Waals surface area contributed by atoms with Gasteiger partial charge in [-0.1, -0.05) is 45.9 Å². The lowest BCUT2D eigenvalue weighted by molar-refractivity contribution is 0.439. The van der Waals surface area contributed by atoms with Gasteiger partial charge in [-0.05, 0) is 24.9 Å². The molecule has 2 aromatic rings. The average molecular weight is 245 g/mol. The fraction of sp³-hybridized carbons (Fsp3) is 0.500. The van der Waals surface area contributed by atoms with Crippen LogP contribution in [-0.4, -0.2) is 7.05 Å². The molecule has 98 valence electrons. The third-order valence-corrected chi connectivity index (χ3v) is 3.47. The van der Waals surface area contributed by atoms with E-state index in [0.717, 1.165) is 17.8 Å². The quantitative estimate of drug-likeness (QED) is 0.867. The molecule has 2 nitrogen and oxygen atoms in total. The zero-order valence-electron chi connectivity index (χ0n) is 12.0. The molecule has 2 rings (SSSR count). The van der Waals surface area contributed by atoms with E-state index in [1.54, 1.807) is 0 Å². The third kappa shape index (κ3) is 2.30. The van der Waals surface area contributed by atoms with Gasteiger partial charge in [0.1, 0.15) is 11.3 Å². The maximum absolute atomic E-state index is 6.11. The van der Waals surface area contributed by atoms with Crippen molar-refractivity contribution < 1.29 is 4.42 Å². The zero-order chi connectivity index (χ0) is 13.3. The van der Waals surface area contributed by atoms with E-state index in [-0.39, 0.29) is 5.41 Å². The molecule has 2 heteroatoms. The molecule has 0 saturated heterocycles. The Balaban J connectivity index is 2.58. The molecule has 0 aliphatic heterocycles. The summed E-state index contributed by atoms with van der Waals surface area (Å²) in [5, 5.41) is 4.49. The van der Waals surface area contributed by atoms with E-state index < -0.39 is 0 Å². The first kappa shape index (κ1) is 13.2. The van der Waals surface area contributed by atoms with Gasteiger partial charge in [-0.25, -0.2) is 0 Å². The topological polar surface area (TPSA) is 25.2 Å². The van der Waals surface area contributed by atoms with Crippen molar-refractivity contribution in [2.75, 3.05) is 7.05 Å². The minimum atomic E-state index is 0.107. The molecule has 1 aromatic carbocycles. The lowest BCUT2D eigenvalue weighted by Gasteiger charge is -2.19. The van der Waals surface area contributed by atoms with Gasteiger partial charge in [-0.2, -0.15) is 0 Å². The Morgan fingerprint density at radius 1 is 1.28 bits per heavy atom. The van der Waals surface area contributed by atoms with Crippen LogP contribution in [0, 0.1) is 0 Å². The Morgan fingerprint density at radius 2 is 2.00 bits per heavy atom. The van der Waals surface area contributed by atoms with Crippen LogP contribution >= 0.6 is 0 Å². The van der Waals surface area contributed by atoms with Crippen LogP contribution < -0.4 is 5.32 Å². The van der Waals surface area contributed by atoms with Crippen LogP contribution in [0.1, 0.15) is 51.5 Å². The van der Waals surface area contributed by atoms with Crippen molar-refractivity contribution in [2.24, 2.45) is 0 Å². The lowest BCUT2D eigenvalue weighted by Crippen LogP contribution is -2.14. The van der Waals surface area contributed by atoms with Crippen LogP contribution in [0.2, 0.25) is 0 Å². The predicted octanol–water partition coefficient (Wildman–Crippen LogP) is 4.40. The number of rotatable bonds is 3. The molecule has 1 N–H and O–H groups in total. The fourth-order valence-electron chi connectivity index (χ4n) is 2.39. The van der Waals surface area contributed by atoms with Crippen LogP contribution in [0.4, 0.5) is 0 Å². The molecular formula is C16H23NO. The Kier molecular flexibility index (Phi) is 3.49. The van der Waals surface area contributed by atoms with E-state index in [9.17, 15) is 0 Å². The number of fused-ring (bicyclic) bond motifs is 1. The normalized spacial score (nSPS) is 14.1. The molecule has 1 unspecified atom stereocenters. The molecule has 0 fully saturated rings. The molecule has 18 heavy (non-hydrogen) atoms. The first-order chi connectivity index (χ1) is 8.47. The van der Waals surface area contributed by atoms with Gasteiger partial charge in [0, 0.05) is 10.9 Å². The SMILES string of the molecule is CCC(NC)c1cc2cccc(C(C)(C)C)c2o1. The van der Waals surface area contributed by atoms with Crippen molar-refractivity contribution in [2.45, 2.75) is 45.6 Å². The summed E-state index contributed by atoms with van der Waals surface area (Å²) < 4.78 is 6.11. The van der Waals surface area contributed by atoms with Gasteiger partial charge in [-0.3, -0.25) is 0 Å². The third-order valence-electron chi connectivity index (χ3n) is 3.47. The molecule has 0 aliphatic rings. The van der Waals surface area contributed by atoms with Crippen LogP contribution in [0.25, 0.3) is 11.0 Å². The Hall–Kier alpha value is -1.28. The van der Waals surface area contributed by atoms with Gasteiger partial charge < -0.3 is 9.73 Å². The Labute approximate surface area is 109 Å². The smallest absolute Gasteiger partial charge is 0.138 e. The largest absolute Gasteiger partial charge is 0.459 e. The van der Waals surface area contributed by atoms with Gasteiger partial charge in [0.05, 0.1) is 6.04 Å². The molecule has 1 aromatic heterocycles. The van der Waals surface area contributed by atoms with Crippen molar-refractivity contribution in [1.29, 1.82) is 0 Å². The van der Waals surface area contributed by atoms with Crippen LogP contribution in [-0.2, 0) is 5.41 Å². The summed E-state index contributed by atoms with van der Waals surface area (Å²) in [5.74, 6) is 1.03. The molecule has 0 bridgehead atoms. The molecule has 0 spiro atoms. The summed E-state index contributed by atoms with van der Waals surface area (Å²) in [5.41, 5.74) is 2.42. The summed E-state index contributed by atoms with van der Waals surface area (Å²) in [4.78, 5) is 0. The van der Waals surface area contributed by atoms with Crippen LogP contribution in [0.15, 0.2) is 28.7 Å². The second-order valence-corrected chi connectivity index (χ2v) is 5.87. The number of furan rings is 1. The average Bonchev–Trinajstić information content (AvgIpc) is 2.72. The molecular weight excluding hydrogens is 222 g/mol. The molecule has 1 heterocycles. The first-order valence-corrected chi connectivity index (χ1v) is 6.67. The van der Waals surface area contributed by atoms with Crippen molar-refractivity contribution in [3.8, 4) is 0 Å². The van der Waals surface area contributed by atoms with E-state index in [4.69, 9.17) is 4.42 Å². The van der Waals surface area contributed by atoms with Gasteiger partial charge in [0.15, 0.2) is 0 Å². The molecule has 0 aliphatic carbocycles. The second kappa shape index (κ2) is 4.77. The molecule has 0 radical (unpaired) electrons. The molecule has 0 saturated carbocycles. The highest BCUT2D eigenvalue weighted by Gasteiger charge is 2.21. The number of nitrogens with one attached hydrogen (secondary N) is 1. The summed E-state index contributed by atoms with van der Waals surface area (Å²) in [6.07, 6.45) is 1.03. The van der Waals surface area contributed by atoms with Gasteiger partial charge in [-0.15, -0.1) is 0 Å². The van der Waals surface area contributed by atoms with E-state index in [1.807, 2.05) is 7.05 Å². The van der Waals surface area contributed by atoms with Crippen molar-refractivity contribution >= 4 is 11.0 Å². The van der Waals surface area contributed by atoms with Crippen LogP contribution in [0.3, 0.4) is 0 Å². The maximum atomic E-state index is 6.11. The van der Waals surface area contributed by atoms with E-state index in [2.05, 4.69) is 57.3 Å². The van der Waals surface area contributed by atoms with E-state index >= 15 is 0 Å². The summed E-state index contributed by atoms with van der Waals surface area (Å²) in [7, 11) is 1.98. The molecule has 0 amide bonds. The number of hydrogen-bond donors (Lipinski definition) is 1. The van der Waals surface area contributed by atoms with Crippen LogP contribution in [0.5, 0.6) is 0 Å². The Bertz CT molecular complexity index is 530. The van der Waals surface area contributed by atoms with E-state index in [1.165, 1.54) is 10.9 Å². The first-order valence-electron chi connectivity index (χ1n) is 6.67. The summed E-state index contributed by atoms with van der Waals surface area (Å²) >= 11 is 0. The van der Waals surface area contributed by atoms with E-state index in [0.29, 0.717) is 6.04 Å². The molecule has 1 atom stereocenters. The standard InChI is InChI=1S/C16H23NO/c1-6-13(17-5)14-10-11-8-7-9-12(15(11)18-14)16(2,3)4/h7-10,13,17H,6H2,1-5H3. The predicted molar refractivity (Wildman–Crippen MR) is 77.0 cm³/mol. The highest BCUT2D eigenvalue weighted by atomic mass is 16.3. The highest BCUT2D eigenvalue weighted by Crippen LogP contribution is 2.33. The fourth-order valence-corrected chi connectivity index (χ4v) is 2.39. The van der Waals surface area contributed by atoms with Gasteiger partial charge in [0.2, 0.25) is 0 Å². The zero-order valence-corrected chi connectivity index (χ0v) is 12.0. The minimum absolute atomic E-state index is 0.107. The van der Waals surface area contributed by atoms with Gasteiger partial charge >= 0.3 is 0 Å². The monoisotopic (exact) mass is 245 g/mol. The maximum Gasteiger partial charge on any atom is 0.138 e. The second-order valence-electron chi connectivity index (χ2n) is 5.87. The van der Waals surface area contributed by atoms with Gasteiger partial charge in [0.25, 0.3) is 0 Å². The van der Waals surface area contributed by atoms with Crippen molar-refractivity contribution in [3.63, 3.8) is 0 Å². The van der Waals surface area contributed by atoms with Crippen molar-refractivity contribution in [1.82, 2.24) is 5.32 Å². The minimum Gasteiger partial charge on any atom is -0.459 e. The highest BCUT2D eigenvalue weighted by molar-refractivity contribution is 5.82.